The van der Waals surface area contributed by atoms with Crippen LogP contribution in [-0.4, -0.2) is 32.3 Å². The Bertz CT molecular complexity index is 679. The van der Waals surface area contributed by atoms with E-state index in [1.54, 1.807) is 0 Å². The molecule has 4 nitrogen and oxygen atoms in total. The standard InChI is InChI=1S/C17H23N3O/c1-11-8-9-15-18-14(4)16(19(15)10-11)17(21)20-12(2)6-5-7-13(20)3/h8-10,12-13H,5-7H2,1-4H3. The number of aromatic nitrogens is 2. The number of carbonyl (C=O) groups is 1. The number of pyridine rings is 1. The molecule has 2 unspecified atom stereocenters. The number of hydrogen-bond donors (Lipinski definition) is 0. The molecule has 112 valence electrons. The van der Waals surface area contributed by atoms with Crippen molar-refractivity contribution in [3.8, 4) is 0 Å². The van der Waals surface area contributed by atoms with Gasteiger partial charge in [-0.05, 0) is 58.6 Å². The second-order valence-electron chi connectivity index (χ2n) is 6.32. The molecule has 0 bridgehead atoms. The number of carbonyl (C=O) groups excluding carboxylic acids is 1. The minimum Gasteiger partial charge on any atom is -0.332 e. The summed E-state index contributed by atoms with van der Waals surface area (Å²) >= 11 is 0. The van der Waals surface area contributed by atoms with Gasteiger partial charge in [0.2, 0.25) is 0 Å². The predicted octanol–water partition coefficient (Wildman–Crippen LogP) is 3.35. The second kappa shape index (κ2) is 5.17. The van der Waals surface area contributed by atoms with Gasteiger partial charge >= 0.3 is 0 Å². The van der Waals surface area contributed by atoms with Crippen LogP contribution in [0.4, 0.5) is 0 Å². The zero-order chi connectivity index (χ0) is 15.1. The molecule has 0 spiro atoms. The molecule has 0 aromatic carbocycles. The highest BCUT2D eigenvalue weighted by Crippen LogP contribution is 2.26. The smallest absolute Gasteiger partial charge is 0.273 e. The maximum absolute atomic E-state index is 13.1. The first-order valence-electron chi connectivity index (χ1n) is 7.77. The number of aryl methyl sites for hydroxylation is 2. The number of imidazole rings is 1. The summed E-state index contributed by atoms with van der Waals surface area (Å²) in [6.45, 7) is 8.26. The van der Waals surface area contributed by atoms with Crippen molar-refractivity contribution in [1.82, 2.24) is 14.3 Å². The van der Waals surface area contributed by atoms with Gasteiger partial charge in [-0.3, -0.25) is 9.20 Å². The van der Waals surface area contributed by atoms with Crippen LogP contribution in [-0.2, 0) is 0 Å². The lowest BCUT2D eigenvalue weighted by atomic mass is 9.97. The van der Waals surface area contributed by atoms with E-state index in [4.69, 9.17) is 0 Å². The molecule has 4 heteroatoms. The first kappa shape index (κ1) is 14.1. The van der Waals surface area contributed by atoms with Gasteiger partial charge in [-0.1, -0.05) is 6.07 Å². The molecule has 3 rings (SSSR count). The molecular weight excluding hydrogens is 262 g/mol. The number of hydrogen-bond acceptors (Lipinski definition) is 2. The summed E-state index contributed by atoms with van der Waals surface area (Å²) in [4.78, 5) is 19.7. The molecular formula is C17H23N3O. The number of likely N-dealkylation sites (tertiary alicyclic amines) is 1. The summed E-state index contributed by atoms with van der Waals surface area (Å²) in [6, 6.07) is 4.61. The van der Waals surface area contributed by atoms with E-state index in [1.807, 2.05) is 41.5 Å². The van der Waals surface area contributed by atoms with Crippen molar-refractivity contribution in [3.05, 3.63) is 35.3 Å². The molecule has 1 aliphatic heterocycles. The monoisotopic (exact) mass is 285 g/mol. The van der Waals surface area contributed by atoms with Gasteiger partial charge in [0.15, 0.2) is 0 Å². The normalized spacial score (nSPS) is 22.8. The molecule has 0 N–H and O–H groups in total. The molecule has 2 atom stereocenters. The fourth-order valence-corrected chi connectivity index (χ4v) is 3.47. The third-order valence-corrected chi connectivity index (χ3v) is 4.57. The third-order valence-electron chi connectivity index (χ3n) is 4.57. The average Bonchev–Trinajstić information content (AvgIpc) is 2.73. The van der Waals surface area contributed by atoms with Crippen molar-refractivity contribution in [2.24, 2.45) is 0 Å². The van der Waals surface area contributed by atoms with Crippen molar-refractivity contribution in [2.45, 2.75) is 59.0 Å². The van der Waals surface area contributed by atoms with E-state index in [-0.39, 0.29) is 5.91 Å². The topological polar surface area (TPSA) is 37.6 Å². The van der Waals surface area contributed by atoms with Gasteiger partial charge in [0.1, 0.15) is 11.3 Å². The van der Waals surface area contributed by atoms with Gasteiger partial charge in [-0.15, -0.1) is 0 Å². The molecule has 0 aliphatic carbocycles. The summed E-state index contributed by atoms with van der Waals surface area (Å²) in [5, 5.41) is 0. The molecule has 3 heterocycles. The van der Waals surface area contributed by atoms with Crippen molar-refractivity contribution in [3.63, 3.8) is 0 Å². The van der Waals surface area contributed by atoms with Crippen LogP contribution < -0.4 is 0 Å². The SMILES string of the molecule is Cc1ccc2nc(C)c(C(=O)N3C(C)CCCC3C)n2c1. The number of rotatable bonds is 1. The van der Waals surface area contributed by atoms with Crippen LogP contribution in [0.5, 0.6) is 0 Å². The summed E-state index contributed by atoms with van der Waals surface area (Å²) < 4.78 is 1.95. The highest BCUT2D eigenvalue weighted by Gasteiger charge is 2.32. The second-order valence-corrected chi connectivity index (χ2v) is 6.32. The van der Waals surface area contributed by atoms with Crippen LogP contribution >= 0.6 is 0 Å². The quantitative estimate of drug-likeness (QED) is 0.805. The third kappa shape index (κ3) is 2.33. The molecule has 0 radical (unpaired) electrons. The Morgan fingerprint density at radius 3 is 2.52 bits per heavy atom. The number of amides is 1. The largest absolute Gasteiger partial charge is 0.332 e. The highest BCUT2D eigenvalue weighted by atomic mass is 16.2. The number of nitrogens with zero attached hydrogens (tertiary/aromatic N) is 3. The molecule has 0 saturated carbocycles. The fourth-order valence-electron chi connectivity index (χ4n) is 3.47. The van der Waals surface area contributed by atoms with Crippen molar-refractivity contribution < 1.29 is 4.79 Å². The van der Waals surface area contributed by atoms with Gasteiger partial charge in [0, 0.05) is 18.3 Å². The van der Waals surface area contributed by atoms with E-state index < -0.39 is 0 Å². The summed E-state index contributed by atoms with van der Waals surface area (Å²) in [7, 11) is 0. The van der Waals surface area contributed by atoms with E-state index in [1.165, 1.54) is 6.42 Å². The first-order valence-corrected chi connectivity index (χ1v) is 7.77. The maximum atomic E-state index is 13.1. The molecule has 2 aromatic heterocycles. The Kier molecular flexibility index (Phi) is 3.47. The maximum Gasteiger partial charge on any atom is 0.273 e. The number of fused-ring (bicyclic) bond motifs is 1. The Balaban J connectivity index is 2.08. The first-order chi connectivity index (χ1) is 9.99. The van der Waals surface area contributed by atoms with Crippen LogP contribution in [0.3, 0.4) is 0 Å². The molecule has 1 saturated heterocycles. The Morgan fingerprint density at radius 2 is 1.86 bits per heavy atom. The van der Waals surface area contributed by atoms with Crippen LogP contribution in [0.15, 0.2) is 18.3 Å². The Morgan fingerprint density at radius 1 is 1.19 bits per heavy atom. The van der Waals surface area contributed by atoms with Crippen LogP contribution in [0.1, 0.15) is 54.9 Å². The van der Waals surface area contributed by atoms with E-state index in [9.17, 15) is 4.79 Å². The molecule has 1 aliphatic rings. The lowest BCUT2D eigenvalue weighted by molar-refractivity contribution is 0.0502. The van der Waals surface area contributed by atoms with Gasteiger partial charge in [0.05, 0.1) is 5.69 Å². The molecule has 1 fully saturated rings. The summed E-state index contributed by atoms with van der Waals surface area (Å²) in [5.74, 6) is 0.116. The van der Waals surface area contributed by atoms with Crippen molar-refractivity contribution in [1.29, 1.82) is 0 Å². The van der Waals surface area contributed by atoms with E-state index in [0.717, 1.165) is 29.7 Å². The van der Waals surface area contributed by atoms with Gasteiger partial charge in [-0.25, -0.2) is 4.98 Å². The fraction of sp³-hybridized carbons (Fsp3) is 0.529. The molecule has 2 aromatic rings. The zero-order valence-electron chi connectivity index (χ0n) is 13.3. The molecule has 21 heavy (non-hydrogen) atoms. The minimum absolute atomic E-state index is 0.116. The van der Waals surface area contributed by atoms with Crippen LogP contribution in [0.25, 0.3) is 5.65 Å². The van der Waals surface area contributed by atoms with Gasteiger partial charge in [-0.2, -0.15) is 0 Å². The average molecular weight is 285 g/mol. The van der Waals surface area contributed by atoms with E-state index in [0.29, 0.717) is 17.8 Å². The summed E-state index contributed by atoms with van der Waals surface area (Å²) in [6.07, 6.45) is 5.38. The van der Waals surface area contributed by atoms with Crippen molar-refractivity contribution >= 4 is 11.6 Å². The van der Waals surface area contributed by atoms with Crippen LogP contribution in [0.2, 0.25) is 0 Å². The minimum atomic E-state index is 0.116. The van der Waals surface area contributed by atoms with E-state index in [2.05, 4.69) is 18.8 Å². The van der Waals surface area contributed by atoms with E-state index >= 15 is 0 Å². The van der Waals surface area contributed by atoms with Crippen molar-refractivity contribution in [2.75, 3.05) is 0 Å². The lowest BCUT2D eigenvalue weighted by Gasteiger charge is -2.39. The Labute approximate surface area is 125 Å². The van der Waals surface area contributed by atoms with Crippen LogP contribution in [0, 0.1) is 13.8 Å². The Hall–Kier alpha value is -1.84. The lowest BCUT2D eigenvalue weighted by Crippen LogP contribution is -2.48. The number of piperidine rings is 1. The summed E-state index contributed by atoms with van der Waals surface area (Å²) in [5.41, 5.74) is 3.51. The highest BCUT2D eigenvalue weighted by molar-refractivity contribution is 5.95. The van der Waals surface area contributed by atoms with Gasteiger partial charge < -0.3 is 4.90 Å². The molecule has 1 amide bonds. The predicted molar refractivity (Wildman–Crippen MR) is 83.6 cm³/mol. The zero-order valence-corrected chi connectivity index (χ0v) is 13.3. The van der Waals surface area contributed by atoms with Gasteiger partial charge in [0.25, 0.3) is 5.91 Å².